The molecule has 4 aliphatic rings. The molecule has 4 atom stereocenters. The van der Waals surface area contributed by atoms with E-state index >= 15 is 0 Å². The number of aromatic nitrogens is 1. The van der Waals surface area contributed by atoms with Gasteiger partial charge < -0.3 is 24.6 Å². The molecular formula is C25H24N2O4. The second kappa shape index (κ2) is 5.69. The van der Waals surface area contributed by atoms with Gasteiger partial charge in [-0.1, -0.05) is 18.2 Å². The van der Waals surface area contributed by atoms with Gasteiger partial charge in [-0.15, -0.1) is 0 Å². The average Bonchev–Trinajstić information content (AvgIpc) is 3.12. The van der Waals surface area contributed by atoms with Crippen molar-refractivity contribution in [2.24, 2.45) is 0 Å². The van der Waals surface area contributed by atoms with Gasteiger partial charge in [-0.2, -0.15) is 0 Å². The molecule has 7 rings (SSSR count). The van der Waals surface area contributed by atoms with Crippen molar-refractivity contribution in [2.45, 2.75) is 42.4 Å². The summed E-state index contributed by atoms with van der Waals surface area (Å²) in [5.41, 5.74) is 3.53. The van der Waals surface area contributed by atoms with Crippen LogP contribution in [0.1, 0.15) is 34.9 Å². The fraction of sp³-hybridized carbons (Fsp3) is 0.400. The van der Waals surface area contributed by atoms with Crippen molar-refractivity contribution in [1.82, 2.24) is 10.3 Å². The molecule has 2 aliphatic carbocycles. The van der Waals surface area contributed by atoms with Crippen LogP contribution in [0.2, 0.25) is 0 Å². The Labute approximate surface area is 180 Å². The van der Waals surface area contributed by atoms with Crippen molar-refractivity contribution in [2.75, 3.05) is 20.8 Å². The van der Waals surface area contributed by atoms with Crippen molar-refractivity contribution in [3.8, 4) is 17.2 Å². The Hall–Kier alpha value is -2.83. The molecule has 0 radical (unpaired) electrons. The fourth-order valence-corrected chi connectivity index (χ4v) is 6.89. The van der Waals surface area contributed by atoms with Gasteiger partial charge in [0.25, 0.3) is 0 Å². The van der Waals surface area contributed by atoms with E-state index in [4.69, 9.17) is 19.2 Å². The molecule has 2 aliphatic heterocycles. The molecule has 0 amide bonds. The number of rotatable bonds is 2. The highest BCUT2D eigenvalue weighted by atomic mass is 16.5. The van der Waals surface area contributed by atoms with Crippen LogP contribution in [0.25, 0.3) is 10.9 Å². The summed E-state index contributed by atoms with van der Waals surface area (Å²) in [5, 5.41) is 17.0. The Morgan fingerprint density at radius 3 is 2.87 bits per heavy atom. The number of piperidine rings is 1. The quantitative estimate of drug-likeness (QED) is 0.669. The standard InChI is InChI=1S/C25H24N2O4/c1-29-17-8-7-13-11-18-25(28)12-15-20(27-16-6-4-3-5-14(16)21(15)30-2)23-24(25,9-10-26-18)19(13)22(17)31-23/h3-8,18,23,26,28H,9-12H2,1-2H3/t18?,23?,24-,25?/m0/s1. The largest absolute Gasteiger partial charge is 0.496 e. The van der Waals surface area contributed by atoms with E-state index in [1.54, 1.807) is 14.2 Å². The molecule has 1 spiro atoms. The predicted molar refractivity (Wildman–Crippen MR) is 115 cm³/mol. The van der Waals surface area contributed by atoms with Crippen LogP contribution in [-0.2, 0) is 18.3 Å². The van der Waals surface area contributed by atoms with Crippen LogP contribution in [0.15, 0.2) is 36.4 Å². The maximum absolute atomic E-state index is 12.4. The second-order valence-electron chi connectivity index (χ2n) is 9.19. The molecule has 31 heavy (non-hydrogen) atoms. The van der Waals surface area contributed by atoms with Gasteiger partial charge in [-0.25, -0.2) is 4.98 Å². The number of fused-ring (bicyclic) bond motifs is 3. The molecule has 158 valence electrons. The van der Waals surface area contributed by atoms with E-state index in [2.05, 4.69) is 11.4 Å². The second-order valence-corrected chi connectivity index (χ2v) is 9.19. The van der Waals surface area contributed by atoms with Crippen LogP contribution in [0.4, 0.5) is 0 Å². The molecule has 6 heteroatoms. The fourth-order valence-electron chi connectivity index (χ4n) is 6.89. The first kappa shape index (κ1) is 17.8. The van der Waals surface area contributed by atoms with Crippen molar-refractivity contribution >= 4 is 10.9 Å². The predicted octanol–water partition coefficient (Wildman–Crippen LogP) is 2.83. The number of aliphatic hydroxyl groups is 1. The van der Waals surface area contributed by atoms with E-state index in [1.807, 2.05) is 30.3 Å². The molecule has 3 aromatic rings. The molecule has 6 nitrogen and oxygen atoms in total. The van der Waals surface area contributed by atoms with E-state index in [9.17, 15) is 5.11 Å². The van der Waals surface area contributed by atoms with Crippen LogP contribution in [0.5, 0.6) is 17.2 Å². The number of nitrogens with zero attached hydrogens (tertiary/aromatic N) is 1. The summed E-state index contributed by atoms with van der Waals surface area (Å²) in [6.45, 7) is 0.836. The van der Waals surface area contributed by atoms with Crippen LogP contribution in [-0.4, -0.2) is 42.5 Å². The number of pyridine rings is 1. The minimum Gasteiger partial charge on any atom is -0.496 e. The van der Waals surface area contributed by atoms with Gasteiger partial charge in [0, 0.05) is 29.0 Å². The van der Waals surface area contributed by atoms with E-state index in [1.165, 1.54) is 5.56 Å². The van der Waals surface area contributed by atoms with Crippen molar-refractivity contribution in [3.05, 3.63) is 58.8 Å². The molecule has 2 aromatic carbocycles. The van der Waals surface area contributed by atoms with Crippen molar-refractivity contribution < 1.29 is 19.3 Å². The number of nitrogens with one attached hydrogen (secondary N) is 1. The van der Waals surface area contributed by atoms with E-state index < -0.39 is 11.0 Å². The lowest BCUT2D eigenvalue weighted by molar-refractivity contribution is -0.135. The average molecular weight is 416 g/mol. The molecule has 3 unspecified atom stereocenters. The SMILES string of the molecule is COc1ccc2c3c1OC1c4nc5ccccc5c(OC)c4CC4(O)C(C2)NCC[C@]314. The zero-order chi connectivity index (χ0) is 21.0. The van der Waals surface area contributed by atoms with E-state index in [0.29, 0.717) is 6.42 Å². The molecule has 2 bridgehead atoms. The summed E-state index contributed by atoms with van der Waals surface area (Å²) < 4.78 is 18.3. The summed E-state index contributed by atoms with van der Waals surface area (Å²) >= 11 is 0. The smallest absolute Gasteiger partial charge is 0.166 e. The van der Waals surface area contributed by atoms with Crippen LogP contribution in [0.3, 0.4) is 0 Å². The molecular weight excluding hydrogens is 392 g/mol. The third-order valence-corrected chi connectivity index (χ3v) is 8.11. The summed E-state index contributed by atoms with van der Waals surface area (Å²) in [6, 6.07) is 12.1. The van der Waals surface area contributed by atoms with Gasteiger partial charge in [0.1, 0.15) is 5.75 Å². The van der Waals surface area contributed by atoms with Gasteiger partial charge in [0.2, 0.25) is 0 Å². The van der Waals surface area contributed by atoms with Gasteiger partial charge in [-0.3, -0.25) is 0 Å². The lowest BCUT2D eigenvalue weighted by atomic mass is 9.49. The Bertz CT molecular complexity index is 1270. The lowest BCUT2D eigenvalue weighted by Crippen LogP contribution is -2.74. The number of methoxy groups -OCH3 is 2. The maximum Gasteiger partial charge on any atom is 0.166 e. The zero-order valence-electron chi connectivity index (χ0n) is 17.6. The molecule has 3 heterocycles. The first-order valence-electron chi connectivity index (χ1n) is 10.9. The lowest BCUT2D eigenvalue weighted by Gasteiger charge is -2.60. The van der Waals surface area contributed by atoms with Crippen LogP contribution < -0.4 is 19.5 Å². The van der Waals surface area contributed by atoms with Crippen molar-refractivity contribution in [3.63, 3.8) is 0 Å². The minimum absolute atomic E-state index is 0.0523. The highest BCUT2D eigenvalue weighted by Crippen LogP contribution is 2.68. The first-order valence-corrected chi connectivity index (χ1v) is 10.9. The first-order chi connectivity index (χ1) is 15.1. The molecule has 1 saturated heterocycles. The Kier molecular flexibility index (Phi) is 3.27. The van der Waals surface area contributed by atoms with E-state index in [-0.39, 0.29) is 12.1 Å². The third-order valence-electron chi connectivity index (χ3n) is 8.11. The molecule has 2 N–H and O–H groups in total. The van der Waals surface area contributed by atoms with Gasteiger partial charge in [0.15, 0.2) is 17.6 Å². The van der Waals surface area contributed by atoms with Gasteiger partial charge in [-0.05, 0) is 43.1 Å². The number of para-hydroxylation sites is 1. The van der Waals surface area contributed by atoms with Gasteiger partial charge in [0.05, 0.1) is 36.4 Å². The normalized spacial score (nSPS) is 31.6. The van der Waals surface area contributed by atoms with Crippen LogP contribution >= 0.6 is 0 Å². The maximum atomic E-state index is 12.4. The minimum atomic E-state index is -0.995. The summed E-state index contributed by atoms with van der Waals surface area (Å²) in [7, 11) is 3.37. The monoisotopic (exact) mass is 416 g/mol. The Morgan fingerprint density at radius 2 is 2.03 bits per heavy atom. The number of hydrogen-bond acceptors (Lipinski definition) is 6. The summed E-state index contributed by atoms with van der Waals surface area (Å²) in [6.07, 6.45) is 1.65. The summed E-state index contributed by atoms with van der Waals surface area (Å²) in [4.78, 5) is 5.09. The highest BCUT2D eigenvalue weighted by molar-refractivity contribution is 5.87. The van der Waals surface area contributed by atoms with Gasteiger partial charge >= 0.3 is 0 Å². The number of benzene rings is 2. The zero-order valence-corrected chi connectivity index (χ0v) is 17.6. The molecule has 0 saturated carbocycles. The Balaban J connectivity index is 1.60. The summed E-state index contributed by atoms with van der Waals surface area (Å²) in [5.74, 6) is 2.28. The highest BCUT2D eigenvalue weighted by Gasteiger charge is 2.71. The number of ether oxygens (including phenoxy) is 3. The topological polar surface area (TPSA) is 72.8 Å². The molecule has 1 aromatic heterocycles. The van der Waals surface area contributed by atoms with Crippen LogP contribution in [0, 0.1) is 0 Å². The Morgan fingerprint density at radius 1 is 1.16 bits per heavy atom. The van der Waals surface area contributed by atoms with Crippen molar-refractivity contribution in [1.29, 1.82) is 0 Å². The van der Waals surface area contributed by atoms with E-state index in [0.717, 1.165) is 64.4 Å². The number of hydrogen-bond donors (Lipinski definition) is 2. The third kappa shape index (κ3) is 1.86. The molecule has 1 fully saturated rings.